The quantitative estimate of drug-likeness (QED) is 0.306. The van der Waals surface area contributed by atoms with Gasteiger partial charge in [-0.05, 0) is 34.5 Å². The number of halogens is 2. The molecule has 2 aromatic rings. The highest BCUT2D eigenvalue weighted by molar-refractivity contribution is 14.1. The number of aliphatic imine (C=N–C) groups is 1. The van der Waals surface area contributed by atoms with Crippen molar-refractivity contribution in [1.82, 2.24) is 0 Å². The summed E-state index contributed by atoms with van der Waals surface area (Å²) in [5.41, 5.74) is 1.11. The SMILES string of the molecule is Cc1ccc(N=Cc2cc(Br)c(I)o2)c([N+](=O)[O-])c1. The van der Waals surface area contributed by atoms with E-state index in [0.717, 1.165) is 10.0 Å². The molecular weight excluding hydrogens is 427 g/mol. The molecule has 0 unspecified atom stereocenters. The summed E-state index contributed by atoms with van der Waals surface area (Å²) in [4.78, 5) is 14.6. The lowest BCUT2D eigenvalue weighted by Crippen LogP contribution is -1.89. The molecule has 0 saturated carbocycles. The van der Waals surface area contributed by atoms with E-state index in [-0.39, 0.29) is 5.69 Å². The van der Waals surface area contributed by atoms with Crippen LogP contribution in [0.2, 0.25) is 0 Å². The van der Waals surface area contributed by atoms with Gasteiger partial charge < -0.3 is 4.42 Å². The number of nitro groups is 1. The molecule has 0 fully saturated rings. The minimum absolute atomic E-state index is 0.0171. The lowest BCUT2D eigenvalue weighted by atomic mass is 10.2. The molecule has 19 heavy (non-hydrogen) atoms. The van der Waals surface area contributed by atoms with Crippen LogP contribution in [-0.2, 0) is 0 Å². The molecule has 0 atom stereocenters. The predicted molar refractivity (Wildman–Crippen MR) is 84.2 cm³/mol. The molecule has 0 spiro atoms. The Hall–Kier alpha value is -1.22. The van der Waals surface area contributed by atoms with Crippen LogP contribution >= 0.6 is 38.5 Å². The Morgan fingerprint density at radius 2 is 2.21 bits per heavy atom. The molecule has 0 aliphatic rings. The average molecular weight is 435 g/mol. The van der Waals surface area contributed by atoms with Crippen molar-refractivity contribution in [3.05, 3.63) is 53.9 Å². The number of hydrogen-bond donors (Lipinski definition) is 0. The van der Waals surface area contributed by atoms with E-state index in [1.54, 1.807) is 25.1 Å². The first-order valence-electron chi connectivity index (χ1n) is 5.21. The van der Waals surface area contributed by atoms with E-state index < -0.39 is 4.92 Å². The summed E-state index contributed by atoms with van der Waals surface area (Å²) in [5.74, 6) is 0.533. The van der Waals surface area contributed by atoms with Crippen LogP contribution < -0.4 is 0 Å². The van der Waals surface area contributed by atoms with Crippen LogP contribution in [0.1, 0.15) is 11.3 Å². The summed E-state index contributed by atoms with van der Waals surface area (Å²) >= 11 is 5.36. The number of benzene rings is 1. The van der Waals surface area contributed by atoms with Crippen LogP contribution in [0.5, 0.6) is 0 Å². The van der Waals surface area contributed by atoms with E-state index >= 15 is 0 Å². The van der Waals surface area contributed by atoms with E-state index in [2.05, 4.69) is 20.9 Å². The fraction of sp³-hybridized carbons (Fsp3) is 0.0833. The normalized spacial score (nSPS) is 11.1. The minimum Gasteiger partial charge on any atom is -0.448 e. The molecular formula is C12H8BrIN2O3. The summed E-state index contributed by atoms with van der Waals surface area (Å²) in [6.07, 6.45) is 1.46. The second-order valence-corrected chi connectivity index (χ2v) is 5.61. The van der Waals surface area contributed by atoms with E-state index in [1.807, 2.05) is 22.6 Å². The molecule has 0 amide bonds. The van der Waals surface area contributed by atoms with Crippen molar-refractivity contribution in [3.63, 3.8) is 0 Å². The smallest absolute Gasteiger partial charge is 0.295 e. The molecule has 1 aromatic carbocycles. The molecule has 5 nitrogen and oxygen atoms in total. The Morgan fingerprint density at radius 1 is 1.47 bits per heavy atom. The number of hydrogen-bond acceptors (Lipinski definition) is 4. The zero-order chi connectivity index (χ0) is 14.0. The van der Waals surface area contributed by atoms with Crippen molar-refractivity contribution in [2.45, 2.75) is 6.92 Å². The van der Waals surface area contributed by atoms with Crippen molar-refractivity contribution in [3.8, 4) is 0 Å². The number of rotatable bonds is 3. The van der Waals surface area contributed by atoms with Crippen LogP contribution in [0.15, 0.2) is 38.1 Å². The topological polar surface area (TPSA) is 68.6 Å². The van der Waals surface area contributed by atoms with Crippen molar-refractivity contribution < 1.29 is 9.34 Å². The maximum absolute atomic E-state index is 10.9. The van der Waals surface area contributed by atoms with E-state index in [0.29, 0.717) is 15.2 Å². The van der Waals surface area contributed by atoms with Gasteiger partial charge in [-0.3, -0.25) is 10.1 Å². The number of aryl methyl sites for hydroxylation is 1. The van der Waals surface area contributed by atoms with Crippen molar-refractivity contribution in [1.29, 1.82) is 0 Å². The second-order valence-electron chi connectivity index (χ2n) is 3.78. The van der Waals surface area contributed by atoms with Crippen LogP contribution in [0.4, 0.5) is 11.4 Å². The average Bonchev–Trinajstić information content (AvgIpc) is 2.67. The molecule has 7 heteroatoms. The van der Waals surface area contributed by atoms with Gasteiger partial charge in [0.2, 0.25) is 0 Å². The van der Waals surface area contributed by atoms with Gasteiger partial charge in [-0.15, -0.1) is 0 Å². The van der Waals surface area contributed by atoms with Gasteiger partial charge >= 0.3 is 0 Å². The van der Waals surface area contributed by atoms with Crippen LogP contribution in [0, 0.1) is 20.8 Å². The molecule has 98 valence electrons. The van der Waals surface area contributed by atoms with Crippen molar-refractivity contribution in [2.75, 3.05) is 0 Å². The summed E-state index contributed by atoms with van der Waals surface area (Å²) < 4.78 is 6.91. The van der Waals surface area contributed by atoms with Crippen molar-refractivity contribution >= 4 is 56.1 Å². The Morgan fingerprint density at radius 3 is 2.79 bits per heavy atom. The third-order valence-corrected chi connectivity index (χ3v) is 4.45. The van der Waals surface area contributed by atoms with Gasteiger partial charge in [0, 0.05) is 34.7 Å². The van der Waals surface area contributed by atoms with Crippen molar-refractivity contribution in [2.24, 2.45) is 4.99 Å². The molecule has 2 rings (SSSR count). The van der Waals surface area contributed by atoms with Crippen LogP contribution in [-0.4, -0.2) is 11.1 Å². The molecule has 0 aliphatic heterocycles. The van der Waals surface area contributed by atoms with Crippen LogP contribution in [0.3, 0.4) is 0 Å². The lowest BCUT2D eigenvalue weighted by Gasteiger charge is -1.98. The fourth-order valence-electron chi connectivity index (χ4n) is 1.45. The summed E-state index contributed by atoms with van der Waals surface area (Å²) in [6, 6.07) is 6.65. The highest BCUT2D eigenvalue weighted by atomic mass is 127. The standard InChI is InChI=1S/C12H8BrIN2O3/c1-7-2-3-10(11(4-7)16(17)18)15-6-8-5-9(13)12(14)19-8/h2-6H,1H3. The molecule has 0 radical (unpaired) electrons. The Labute approximate surface area is 131 Å². The first-order valence-corrected chi connectivity index (χ1v) is 7.08. The summed E-state index contributed by atoms with van der Waals surface area (Å²) in [7, 11) is 0. The van der Waals surface area contributed by atoms with E-state index in [4.69, 9.17) is 4.42 Å². The molecule has 0 bridgehead atoms. The maximum Gasteiger partial charge on any atom is 0.295 e. The third kappa shape index (κ3) is 3.41. The second kappa shape index (κ2) is 5.83. The number of nitro benzene ring substituents is 1. The van der Waals surface area contributed by atoms with Gasteiger partial charge in [0.1, 0.15) is 11.4 Å². The van der Waals surface area contributed by atoms with Gasteiger partial charge in [-0.1, -0.05) is 6.07 Å². The number of nitrogens with zero attached hydrogens (tertiary/aromatic N) is 2. The molecule has 1 aromatic heterocycles. The zero-order valence-corrected chi connectivity index (χ0v) is 13.5. The molecule has 0 aliphatic carbocycles. The Balaban J connectivity index is 2.35. The third-order valence-electron chi connectivity index (χ3n) is 2.32. The van der Waals surface area contributed by atoms with E-state index in [1.165, 1.54) is 12.3 Å². The maximum atomic E-state index is 10.9. The van der Waals surface area contributed by atoms with Crippen LogP contribution in [0.25, 0.3) is 0 Å². The molecule has 0 saturated heterocycles. The Bertz CT molecular complexity index is 647. The Kier molecular flexibility index (Phi) is 4.35. The summed E-state index contributed by atoms with van der Waals surface area (Å²) in [6.45, 7) is 1.80. The van der Waals surface area contributed by atoms with E-state index in [9.17, 15) is 10.1 Å². The molecule has 1 heterocycles. The highest BCUT2D eigenvalue weighted by Crippen LogP contribution is 2.28. The van der Waals surface area contributed by atoms with Gasteiger partial charge in [-0.2, -0.15) is 0 Å². The highest BCUT2D eigenvalue weighted by Gasteiger charge is 2.12. The first-order chi connectivity index (χ1) is 8.97. The largest absolute Gasteiger partial charge is 0.448 e. The predicted octanol–water partition coefficient (Wildman–Crippen LogP) is 4.61. The summed E-state index contributed by atoms with van der Waals surface area (Å²) in [5, 5.41) is 10.9. The van der Waals surface area contributed by atoms with Gasteiger partial charge in [0.25, 0.3) is 5.69 Å². The zero-order valence-electron chi connectivity index (χ0n) is 9.76. The molecule has 0 N–H and O–H groups in total. The van der Waals surface area contributed by atoms with Gasteiger partial charge in [0.15, 0.2) is 3.77 Å². The minimum atomic E-state index is -0.443. The first kappa shape index (κ1) is 14.2. The fourth-order valence-corrected chi connectivity index (χ4v) is 2.17. The van der Waals surface area contributed by atoms with Gasteiger partial charge in [0.05, 0.1) is 15.6 Å². The number of furan rings is 1. The van der Waals surface area contributed by atoms with Gasteiger partial charge in [-0.25, -0.2) is 4.99 Å². The lowest BCUT2D eigenvalue weighted by molar-refractivity contribution is -0.384. The monoisotopic (exact) mass is 434 g/mol.